The Morgan fingerprint density at radius 2 is 2.15 bits per heavy atom. The molecule has 0 bridgehead atoms. The molecular weight excluding hydrogens is 396 g/mol. The second kappa shape index (κ2) is 4.63. The highest BCUT2D eigenvalue weighted by molar-refractivity contribution is 14.1. The van der Waals surface area contributed by atoms with E-state index in [9.17, 15) is 4.79 Å². The van der Waals surface area contributed by atoms with Gasteiger partial charge in [0.25, 0.3) is 0 Å². The maximum Gasteiger partial charge on any atom is 0.355 e. The third kappa shape index (κ3) is 2.36. The molecule has 1 aromatic heterocycles. The van der Waals surface area contributed by atoms with Crippen LogP contribution in [0.1, 0.15) is 23.0 Å². The molecule has 0 fully saturated rings. The molecule has 0 atom stereocenters. The third-order valence-corrected chi connectivity index (χ3v) is 4.80. The standard InChI is InChI=1S/C8H9I2NO2/c1-3-13-8(12)6-4(2)5(9)7(10)11-6/h11H,3H2,1-2H3. The Morgan fingerprint density at radius 1 is 1.54 bits per heavy atom. The average molecular weight is 405 g/mol. The summed E-state index contributed by atoms with van der Waals surface area (Å²) in [4.78, 5) is 14.4. The first kappa shape index (κ1) is 11.3. The van der Waals surface area contributed by atoms with Gasteiger partial charge in [0, 0.05) is 3.57 Å². The smallest absolute Gasteiger partial charge is 0.355 e. The summed E-state index contributed by atoms with van der Waals surface area (Å²) in [7, 11) is 0. The number of hydrogen-bond acceptors (Lipinski definition) is 2. The monoisotopic (exact) mass is 405 g/mol. The van der Waals surface area contributed by atoms with Crippen molar-refractivity contribution in [3.05, 3.63) is 18.5 Å². The molecule has 0 saturated carbocycles. The minimum absolute atomic E-state index is 0.277. The summed E-state index contributed by atoms with van der Waals surface area (Å²) in [5, 5.41) is 0. The van der Waals surface area contributed by atoms with Crippen molar-refractivity contribution < 1.29 is 9.53 Å². The summed E-state index contributed by atoms with van der Waals surface area (Å²) in [6, 6.07) is 0. The molecule has 1 aromatic rings. The van der Waals surface area contributed by atoms with Crippen molar-refractivity contribution in [1.29, 1.82) is 0 Å². The first-order valence-corrected chi connectivity index (χ1v) is 5.94. The minimum Gasteiger partial charge on any atom is -0.461 e. The Morgan fingerprint density at radius 3 is 2.54 bits per heavy atom. The molecule has 0 aliphatic rings. The van der Waals surface area contributed by atoms with Crippen molar-refractivity contribution in [2.24, 2.45) is 0 Å². The van der Waals surface area contributed by atoms with E-state index >= 15 is 0 Å². The number of carbonyl (C=O) groups is 1. The van der Waals surface area contributed by atoms with Gasteiger partial charge >= 0.3 is 5.97 Å². The summed E-state index contributed by atoms with van der Waals surface area (Å²) >= 11 is 4.37. The second-order valence-corrected chi connectivity index (χ2v) is 4.63. The molecule has 3 nitrogen and oxygen atoms in total. The van der Waals surface area contributed by atoms with Gasteiger partial charge in [-0.15, -0.1) is 0 Å². The van der Waals surface area contributed by atoms with E-state index in [1.54, 1.807) is 6.92 Å². The van der Waals surface area contributed by atoms with E-state index in [1.165, 1.54) is 0 Å². The van der Waals surface area contributed by atoms with E-state index in [-0.39, 0.29) is 5.97 Å². The molecule has 0 unspecified atom stereocenters. The van der Waals surface area contributed by atoms with Crippen LogP contribution in [0.3, 0.4) is 0 Å². The van der Waals surface area contributed by atoms with Gasteiger partial charge in [-0.05, 0) is 64.6 Å². The Balaban J connectivity index is 3.01. The van der Waals surface area contributed by atoms with Gasteiger partial charge in [-0.1, -0.05) is 0 Å². The number of H-pyrrole nitrogens is 1. The molecule has 0 aromatic carbocycles. The van der Waals surface area contributed by atoms with Crippen LogP contribution in [0, 0.1) is 14.2 Å². The van der Waals surface area contributed by atoms with Crippen LogP contribution in [0.15, 0.2) is 0 Å². The van der Waals surface area contributed by atoms with Crippen LogP contribution in [-0.4, -0.2) is 17.6 Å². The van der Waals surface area contributed by atoms with Gasteiger partial charge in [-0.25, -0.2) is 4.79 Å². The number of esters is 1. The van der Waals surface area contributed by atoms with E-state index < -0.39 is 0 Å². The fourth-order valence-electron chi connectivity index (χ4n) is 0.940. The SMILES string of the molecule is CCOC(=O)c1[nH]c(I)c(I)c1C. The lowest BCUT2D eigenvalue weighted by Gasteiger charge is -1.99. The molecule has 0 aliphatic carbocycles. The van der Waals surface area contributed by atoms with Crippen molar-refractivity contribution >= 4 is 51.2 Å². The summed E-state index contributed by atoms with van der Waals surface area (Å²) in [6.07, 6.45) is 0. The summed E-state index contributed by atoms with van der Waals surface area (Å²) in [5.74, 6) is -0.277. The lowest BCUT2D eigenvalue weighted by Crippen LogP contribution is -2.06. The number of ether oxygens (including phenoxy) is 1. The number of rotatable bonds is 2. The Kier molecular flexibility index (Phi) is 4.02. The number of halogens is 2. The van der Waals surface area contributed by atoms with E-state index in [1.807, 2.05) is 6.92 Å². The highest BCUT2D eigenvalue weighted by Crippen LogP contribution is 2.22. The highest BCUT2D eigenvalue weighted by Gasteiger charge is 2.16. The van der Waals surface area contributed by atoms with Crippen LogP contribution in [0.2, 0.25) is 0 Å². The van der Waals surface area contributed by atoms with Crippen LogP contribution >= 0.6 is 45.2 Å². The third-order valence-electron chi connectivity index (χ3n) is 1.61. The molecule has 72 valence electrons. The predicted octanol–water partition coefficient (Wildman–Crippen LogP) is 2.71. The molecule has 0 amide bonds. The number of aromatic nitrogens is 1. The van der Waals surface area contributed by atoms with Gasteiger partial charge in [-0.3, -0.25) is 0 Å². The average Bonchev–Trinajstić information content (AvgIpc) is 2.33. The molecule has 1 N–H and O–H groups in total. The lowest BCUT2D eigenvalue weighted by atomic mass is 10.3. The molecule has 1 heterocycles. The maximum atomic E-state index is 11.4. The van der Waals surface area contributed by atoms with E-state index in [4.69, 9.17) is 4.74 Å². The van der Waals surface area contributed by atoms with Crippen LogP contribution in [0.5, 0.6) is 0 Å². The van der Waals surface area contributed by atoms with Crippen molar-refractivity contribution in [2.45, 2.75) is 13.8 Å². The van der Waals surface area contributed by atoms with Crippen molar-refractivity contribution in [3.8, 4) is 0 Å². The molecule has 5 heteroatoms. The normalized spacial score (nSPS) is 10.2. The molecule has 0 aliphatic heterocycles. The molecular formula is C8H9I2NO2. The summed E-state index contributed by atoms with van der Waals surface area (Å²) in [5.41, 5.74) is 1.53. The van der Waals surface area contributed by atoms with Gasteiger partial charge in [0.1, 0.15) is 5.69 Å². The van der Waals surface area contributed by atoms with Gasteiger partial charge in [0.15, 0.2) is 0 Å². The van der Waals surface area contributed by atoms with Crippen LogP contribution in [-0.2, 0) is 4.74 Å². The first-order chi connectivity index (χ1) is 6.07. The van der Waals surface area contributed by atoms with Crippen LogP contribution in [0.4, 0.5) is 0 Å². The van der Waals surface area contributed by atoms with E-state index in [2.05, 4.69) is 50.2 Å². The molecule has 0 radical (unpaired) electrons. The molecule has 0 spiro atoms. The molecule has 0 saturated heterocycles. The van der Waals surface area contributed by atoms with Crippen LogP contribution < -0.4 is 0 Å². The lowest BCUT2D eigenvalue weighted by molar-refractivity contribution is 0.0519. The number of carbonyl (C=O) groups excluding carboxylic acids is 1. The number of nitrogens with one attached hydrogen (secondary N) is 1. The number of aromatic amines is 1. The molecule has 1 rings (SSSR count). The highest BCUT2D eigenvalue weighted by atomic mass is 127. The van der Waals surface area contributed by atoms with Gasteiger partial charge < -0.3 is 9.72 Å². The zero-order valence-electron chi connectivity index (χ0n) is 7.28. The molecule has 13 heavy (non-hydrogen) atoms. The van der Waals surface area contributed by atoms with E-state index in [0.29, 0.717) is 12.3 Å². The predicted molar refractivity (Wildman–Crippen MR) is 66.9 cm³/mol. The minimum atomic E-state index is -0.277. The largest absolute Gasteiger partial charge is 0.461 e. The Hall–Kier alpha value is 0.210. The van der Waals surface area contributed by atoms with Crippen molar-refractivity contribution in [1.82, 2.24) is 4.98 Å². The fraction of sp³-hybridized carbons (Fsp3) is 0.375. The fourth-order valence-corrected chi connectivity index (χ4v) is 2.02. The van der Waals surface area contributed by atoms with Crippen molar-refractivity contribution in [3.63, 3.8) is 0 Å². The number of hydrogen-bond donors (Lipinski definition) is 1. The summed E-state index contributed by atoms with van der Waals surface area (Å²) < 4.78 is 6.97. The topological polar surface area (TPSA) is 42.1 Å². The van der Waals surface area contributed by atoms with E-state index in [0.717, 1.165) is 12.8 Å². The first-order valence-electron chi connectivity index (χ1n) is 3.78. The Bertz CT molecular complexity index is 333. The second-order valence-electron chi connectivity index (χ2n) is 2.47. The zero-order chi connectivity index (χ0) is 10.0. The van der Waals surface area contributed by atoms with Gasteiger partial charge in [0.05, 0.1) is 10.3 Å². The quantitative estimate of drug-likeness (QED) is 0.608. The van der Waals surface area contributed by atoms with Crippen LogP contribution in [0.25, 0.3) is 0 Å². The zero-order valence-corrected chi connectivity index (χ0v) is 11.6. The van der Waals surface area contributed by atoms with Gasteiger partial charge in [0.2, 0.25) is 0 Å². The maximum absolute atomic E-state index is 11.4. The Labute approximate surface area is 104 Å². The van der Waals surface area contributed by atoms with Gasteiger partial charge in [-0.2, -0.15) is 0 Å². The van der Waals surface area contributed by atoms with Crippen molar-refractivity contribution in [2.75, 3.05) is 6.61 Å². The summed E-state index contributed by atoms with van der Waals surface area (Å²) in [6.45, 7) is 4.11.